The predicted molar refractivity (Wildman–Crippen MR) is 119 cm³/mol. The third-order valence-corrected chi connectivity index (χ3v) is 6.51. The lowest BCUT2D eigenvalue weighted by Crippen LogP contribution is -2.42. The molecule has 0 spiro atoms. The first-order valence-electron chi connectivity index (χ1n) is 10.2. The number of pyridine rings is 1. The largest absolute Gasteiger partial charge is 0.508 e. The first-order valence-corrected chi connectivity index (χ1v) is 11.1. The zero-order chi connectivity index (χ0) is 21.6. The highest BCUT2D eigenvalue weighted by Gasteiger charge is 2.37. The van der Waals surface area contributed by atoms with E-state index >= 15 is 0 Å². The molecule has 4 rings (SSSR count). The summed E-state index contributed by atoms with van der Waals surface area (Å²) in [4.78, 5) is 20.3. The van der Waals surface area contributed by atoms with Crippen LogP contribution in [0.3, 0.4) is 0 Å². The van der Waals surface area contributed by atoms with E-state index in [4.69, 9.17) is 0 Å². The number of phenols is 1. The number of aromatic hydroxyl groups is 1. The quantitative estimate of drug-likeness (QED) is 0.585. The zero-order valence-electron chi connectivity index (χ0n) is 16.9. The number of carbonyl (C=O) groups is 1. The first kappa shape index (κ1) is 21.3. The lowest BCUT2D eigenvalue weighted by molar-refractivity contribution is -0.125. The van der Waals surface area contributed by atoms with Crippen LogP contribution in [0.1, 0.15) is 17.5 Å². The molecule has 31 heavy (non-hydrogen) atoms. The molecular formula is C24H24FN3O2S. The normalized spacial score (nSPS) is 18.7. The van der Waals surface area contributed by atoms with Crippen molar-refractivity contribution >= 4 is 17.7 Å². The number of carbonyl (C=O) groups excluding carboxylic acids is 1. The van der Waals surface area contributed by atoms with Crippen molar-refractivity contribution in [2.45, 2.75) is 35.7 Å². The molecule has 1 amide bonds. The van der Waals surface area contributed by atoms with Crippen LogP contribution in [0.4, 0.5) is 4.39 Å². The lowest BCUT2D eigenvalue weighted by Gasteiger charge is -2.23. The summed E-state index contributed by atoms with van der Waals surface area (Å²) in [6.45, 7) is 1.80. The fraction of sp³-hybridized carbons (Fsp3) is 0.250. The molecule has 1 aliphatic rings. The van der Waals surface area contributed by atoms with Gasteiger partial charge in [-0.05, 0) is 60.0 Å². The number of nitrogens with one attached hydrogen (secondary N) is 1. The maximum atomic E-state index is 13.2. The minimum atomic E-state index is -0.261. The highest BCUT2D eigenvalue weighted by Crippen LogP contribution is 2.34. The highest BCUT2D eigenvalue weighted by atomic mass is 32.2. The molecule has 0 radical (unpaired) electrons. The average Bonchev–Trinajstić information content (AvgIpc) is 3.18. The van der Waals surface area contributed by atoms with Crippen LogP contribution in [0.15, 0.2) is 78.0 Å². The Morgan fingerprint density at radius 3 is 2.61 bits per heavy atom. The SMILES string of the molecule is O=C(NCc1cccnc1)[C@@H]1C[C@@H](Sc2ccc(F)cc2)CN1Cc1ccc(O)cc1. The standard InChI is InChI=1S/C24H24FN3O2S/c25-19-5-9-21(10-6-19)31-22-12-23(24(30)27-14-18-2-1-11-26-13-18)28(16-22)15-17-3-7-20(29)8-4-17/h1-11,13,22-23,29H,12,14-16H2,(H,27,30)/t22-,23+/m1/s1. The monoisotopic (exact) mass is 437 g/mol. The molecule has 3 aromatic rings. The third-order valence-electron chi connectivity index (χ3n) is 5.30. The summed E-state index contributed by atoms with van der Waals surface area (Å²) in [5.41, 5.74) is 1.99. The average molecular weight is 438 g/mol. The number of hydrogen-bond acceptors (Lipinski definition) is 5. The van der Waals surface area contributed by atoms with Gasteiger partial charge in [-0.1, -0.05) is 18.2 Å². The lowest BCUT2D eigenvalue weighted by atomic mass is 10.1. The second-order valence-corrected chi connectivity index (χ2v) is 8.99. The molecule has 2 N–H and O–H groups in total. The number of amides is 1. The van der Waals surface area contributed by atoms with Crippen molar-refractivity contribution in [1.29, 1.82) is 0 Å². The Morgan fingerprint density at radius 1 is 1.13 bits per heavy atom. The number of thioether (sulfide) groups is 1. The molecule has 1 aliphatic heterocycles. The molecule has 7 heteroatoms. The van der Waals surface area contributed by atoms with Crippen molar-refractivity contribution in [1.82, 2.24) is 15.2 Å². The molecule has 5 nitrogen and oxygen atoms in total. The number of phenolic OH excluding ortho intramolecular Hbond substituents is 1. The van der Waals surface area contributed by atoms with Crippen LogP contribution in [0.25, 0.3) is 0 Å². The van der Waals surface area contributed by atoms with Crippen molar-refractivity contribution in [3.05, 3.63) is 90.0 Å². The zero-order valence-corrected chi connectivity index (χ0v) is 17.8. The third kappa shape index (κ3) is 5.83. The van der Waals surface area contributed by atoms with Crippen LogP contribution in [0, 0.1) is 5.82 Å². The Bertz CT molecular complexity index is 1000. The fourth-order valence-electron chi connectivity index (χ4n) is 3.75. The number of benzene rings is 2. The number of aromatic nitrogens is 1. The van der Waals surface area contributed by atoms with Gasteiger partial charge in [0.25, 0.3) is 0 Å². The summed E-state index contributed by atoms with van der Waals surface area (Å²) in [7, 11) is 0. The number of likely N-dealkylation sites (tertiary alicyclic amines) is 1. The minimum absolute atomic E-state index is 0.00941. The summed E-state index contributed by atoms with van der Waals surface area (Å²) >= 11 is 1.67. The molecule has 0 aliphatic carbocycles. The summed E-state index contributed by atoms with van der Waals surface area (Å²) < 4.78 is 13.2. The summed E-state index contributed by atoms with van der Waals surface area (Å²) in [5, 5.41) is 12.8. The van der Waals surface area contributed by atoms with E-state index in [0.717, 1.165) is 22.6 Å². The fourth-order valence-corrected chi connectivity index (χ4v) is 4.97. The van der Waals surface area contributed by atoms with Gasteiger partial charge in [0.05, 0.1) is 6.04 Å². The smallest absolute Gasteiger partial charge is 0.237 e. The molecule has 2 heterocycles. The van der Waals surface area contributed by atoms with Gasteiger partial charge in [0.2, 0.25) is 5.91 Å². The van der Waals surface area contributed by atoms with E-state index in [1.54, 1.807) is 48.4 Å². The number of hydrogen-bond donors (Lipinski definition) is 2. The molecular weight excluding hydrogens is 413 g/mol. The van der Waals surface area contributed by atoms with Crippen LogP contribution in [0.5, 0.6) is 5.75 Å². The van der Waals surface area contributed by atoms with Crippen molar-refractivity contribution in [2.24, 2.45) is 0 Å². The van der Waals surface area contributed by atoms with E-state index in [-0.39, 0.29) is 28.8 Å². The Kier molecular flexibility index (Phi) is 6.84. The first-order chi connectivity index (χ1) is 15.1. The molecule has 2 aromatic carbocycles. The summed E-state index contributed by atoms with van der Waals surface area (Å²) in [5.74, 6) is -0.0390. The van der Waals surface area contributed by atoms with Crippen LogP contribution < -0.4 is 5.32 Å². The molecule has 0 saturated carbocycles. The Hall–Kier alpha value is -2.90. The van der Waals surface area contributed by atoms with Gasteiger partial charge < -0.3 is 10.4 Å². The van der Waals surface area contributed by atoms with Gasteiger partial charge in [-0.15, -0.1) is 11.8 Å². The topological polar surface area (TPSA) is 65.5 Å². The van der Waals surface area contributed by atoms with E-state index in [1.165, 1.54) is 12.1 Å². The van der Waals surface area contributed by atoms with E-state index in [2.05, 4.69) is 15.2 Å². The van der Waals surface area contributed by atoms with Crippen molar-refractivity contribution in [3.63, 3.8) is 0 Å². The van der Waals surface area contributed by atoms with E-state index in [0.29, 0.717) is 19.5 Å². The van der Waals surface area contributed by atoms with Gasteiger partial charge >= 0.3 is 0 Å². The van der Waals surface area contributed by atoms with Gasteiger partial charge in [0.1, 0.15) is 11.6 Å². The number of rotatable bonds is 7. The second kappa shape index (κ2) is 9.94. The predicted octanol–water partition coefficient (Wildman–Crippen LogP) is 3.98. The van der Waals surface area contributed by atoms with Gasteiger partial charge in [-0.25, -0.2) is 4.39 Å². The van der Waals surface area contributed by atoms with Gasteiger partial charge in [-0.3, -0.25) is 14.7 Å². The van der Waals surface area contributed by atoms with Crippen molar-refractivity contribution < 1.29 is 14.3 Å². The maximum absolute atomic E-state index is 13.2. The van der Waals surface area contributed by atoms with E-state index < -0.39 is 0 Å². The molecule has 1 saturated heterocycles. The van der Waals surface area contributed by atoms with Crippen molar-refractivity contribution in [2.75, 3.05) is 6.54 Å². The summed E-state index contributed by atoms with van der Waals surface area (Å²) in [6.07, 6.45) is 4.16. The van der Waals surface area contributed by atoms with E-state index in [9.17, 15) is 14.3 Å². The number of nitrogens with zero attached hydrogens (tertiary/aromatic N) is 2. The Balaban J connectivity index is 1.45. The van der Waals surface area contributed by atoms with Crippen LogP contribution in [-0.2, 0) is 17.9 Å². The van der Waals surface area contributed by atoms with Gasteiger partial charge in [-0.2, -0.15) is 0 Å². The van der Waals surface area contributed by atoms with Gasteiger partial charge in [0, 0.05) is 42.2 Å². The van der Waals surface area contributed by atoms with Crippen LogP contribution in [0.2, 0.25) is 0 Å². The molecule has 2 atom stereocenters. The highest BCUT2D eigenvalue weighted by molar-refractivity contribution is 8.00. The van der Waals surface area contributed by atoms with Crippen molar-refractivity contribution in [3.8, 4) is 5.75 Å². The molecule has 1 aromatic heterocycles. The Labute approximate surface area is 185 Å². The molecule has 0 unspecified atom stereocenters. The van der Waals surface area contributed by atoms with E-state index in [1.807, 2.05) is 24.3 Å². The Morgan fingerprint density at radius 2 is 1.90 bits per heavy atom. The molecule has 1 fully saturated rings. The maximum Gasteiger partial charge on any atom is 0.237 e. The summed E-state index contributed by atoms with van der Waals surface area (Å²) in [6, 6.07) is 17.1. The van der Waals surface area contributed by atoms with Crippen LogP contribution in [-0.4, -0.2) is 38.7 Å². The van der Waals surface area contributed by atoms with Gasteiger partial charge in [0.15, 0.2) is 0 Å². The number of halogens is 1. The van der Waals surface area contributed by atoms with Crippen LogP contribution >= 0.6 is 11.8 Å². The second-order valence-electron chi connectivity index (χ2n) is 7.62. The molecule has 160 valence electrons. The molecule has 0 bridgehead atoms. The minimum Gasteiger partial charge on any atom is -0.508 e.